The van der Waals surface area contributed by atoms with Gasteiger partial charge < -0.3 is 0 Å². The average molecular weight is 324 g/mol. The highest BCUT2D eigenvalue weighted by Crippen LogP contribution is 2.22. The SMILES string of the molecule is N#Cc1cc(Br)cc(-n2cc(-c3ccccc3)cn2)c1. The van der Waals surface area contributed by atoms with Gasteiger partial charge in [0.15, 0.2) is 0 Å². The van der Waals surface area contributed by atoms with Crippen LogP contribution in [0, 0.1) is 11.3 Å². The summed E-state index contributed by atoms with van der Waals surface area (Å²) in [5, 5.41) is 13.4. The summed E-state index contributed by atoms with van der Waals surface area (Å²) in [5.74, 6) is 0. The molecule has 20 heavy (non-hydrogen) atoms. The lowest BCUT2D eigenvalue weighted by molar-refractivity contribution is 0.879. The van der Waals surface area contributed by atoms with Crippen LogP contribution >= 0.6 is 15.9 Å². The van der Waals surface area contributed by atoms with Crippen LogP contribution in [0.3, 0.4) is 0 Å². The Kier molecular flexibility index (Phi) is 3.36. The molecule has 3 rings (SSSR count). The van der Waals surface area contributed by atoms with Crippen molar-refractivity contribution in [2.24, 2.45) is 0 Å². The number of nitriles is 1. The van der Waals surface area contributed by atoms with E-state index in [-0.39, 0.29) is 0 Å². The lowest BCUT2D eigenvalue weighted by atomic mass is 10.1. The molecule has 4 heteroatoms. The van der Waals surface area contributed by atoms with Crippen LogP contribution in [-0.4, -0.2) is 9.78 Å². The van der Waals surface area contributed by atoms with E-state index in [1.807, 2.05) is 54.9 Å². The van der Waals surface area contributed by atoms with Gasteiger partial charge in [-0.25, -0.2) is 4.68 Å². The minimum atomic E-state index is 0.603. The van der Waals surface area contributed by atoms with Crippen molar-refractivity contribution in [1.82, 2.24) is 9.78 Å². The summed E-state index contributed by atoms with van der Waals surface area (Å²) in [4.78, 5) is 0. The minimum Gasteiger partial charge on any atom is -0.240 e. The molecule has 0 amide bonds. The first-order chi connectivity index (χ1) is 9.76. The summed E-state index contributed by atoms with van der Waals surface area (Å²) >= 11 is 3.41. The van der Waals surface area contributed by atoms with Gasteiger partial charge in [0.25, 0.3) is 0 Å². The number of halogens is 1. The van der Waals surface area contributed by atoms with Crippen LogP contribution in [0.2, 0.25) is 0 Å². The number of hydrogen-bond acceptors (Lipinski definition) is 2. The molecule has 0 aliphatic carbocycles. The molecule has 3 aromatic rings. The van der Waals surface area contributed by atoms with Gasteiger partial charge in [0.2, 0.25) is 0 Å². The van der Waals surface area contributed by atoms with E-state index in [4.69, 9.17) is 5.26 Å². The molecule has 0 radical (unpaired) electrons. The van der Waals surface area contributed by atoms with Crippen molar-refractivity contribution in [3.8, 4) is 22.9 Å². The predicted octanol–water partition coefficient (Wildman–Crippen LogP) is 4.17. The fourth-order valence-corrected chi connectivity index (χ4v) is 2.50. The third kappa shape index (κ3) is 2.49. The molecule has 1 heterocycles. The quantitative estimate of drug-likeness (QED) is 0.710. The lowest BCUT2D eigenvalue weighted by Crippen LogP contribution is -1.94. The second-order valence-corrected chi connectivity index (χ2v) is 5.27. The van der Waals surface area contributed by atoms with Gasteiger partial charge in [0, 0.05) is 16.2 Å². The zero-order chi connectivity index (χ0) is 13.9. The zero-order valence-corrected chi connectivity index (χ0v) is 12.1. The van der Waals surface area contributed by atoms with Crippen LogP contribution in [0.15, 0.2) is 65.4 Å². The van der Waals surface area contributed by atoms with Crippen molar-refractivity contribution in [1.29, 1.82) is 5.26 Å². The number of aromatic nitrogens is 2. The largest absolute Gasteiger partial charge is 0.240 e. The third-order valence-corrected chi connectivity index (χ3v) is 3.42. The van der Waals surface area contributed by atoms with Crippen LogP contribution in [0.4, 0.5) is 0 Å². The van der Waals surface area contributed by atoms with Gasteiger partial charge >= 0.3 is 0 Å². The van der Waals surface area contributed by atoms with E-state index in [1.54, 1.807) is 10.7 Å². The molecule has 96 valence electrons. The van der Waals surface area contributed by atoms with Gasteiger partial charge in [-0.05, 0) is 23.8 Å². The second-order valence-electron chi connectivity index (χ2n) is 4.35. The van der Waals surface area contributed by atoms with E-state index in [2.05, 4.69) is 27.1 Å². The number of nitrogens with zero attached hydrogens (tertiary/aromatic N) is 3. The highest BCUT2D eigenvalue weighted by Gasteiger charge is 2.05. The molecule has 0 spiro atoms. The first-order valence-electron chi connectivity index (χ1n) is 6.07. The van der Waals surface area contributed by atoms with E-state index >= 15 is 0 Å². The smallest absolute Gasteiger partial charge is 0.0992 e. The molecular formula is C16H10BrN3. The van der Waals surface area contributed by atoms with Gasteiger partial charge in [0.05, 0.1) is 23.5 Å². The number of rotatable bonds is 2. The Bertz CT molecular complexity index is 785. The highest BCUT2D eigenvalue weighted by atomic mass is 79.9. The molecule has 0 aliphatic heterocycles. The molecule has 0 fully saturated rings. The van der Waals surface area contributed by atoms with E-state index in [0.717, 1.165) is 21.3 Å². The maximum atomic E-state index is 9.02. The molecule has 3 nitrogen and oxygen atoms in total. The summed E-state index contributed by atoms with van der Waals surface area (Å²) in [6, 6.07) is 17.7. The zero-order valence-electron chi connectivity index (χ0n) is 10.5. The van der Waals surface area contributed by atoms with E-state index in [0.29, 0.717) is 5.56 Å². The van der Waals surface area contributed by atoms with E-state index in [1.165, 1.54) is 0 Å². The monoisotopic (exact) mass is 323 g/mol. The van der Waals surface area contributed by atoms with Gasteiger partial charge in [0.1, 0.15) is 0 Å². The highest BCUT2D eigenvalue weighted by molar-refractivity contribution is 9.10. The van der Waals surface area contributed by atoms with Crippen LogP contribution in [-0.2, 0) is 0 Å². The predicted molar refractivity (Wildman–Crippen MR) is 81.4 cm³/mol. The Labute approximate surface area is 125 Å². The standard InChI is InChI=1S/C16H10BrN3/c17-15-6-12(9-18)7-16(8-15)20-11-14(10-19-20)13-4-2-1-3-5-13/h1-8,10-11H. The van der Waals surface area contributed by atoms with Crippen molar-refractivity contribution in [3.63, 3.8) is 0 Å². The molecule has 0 atom stereocenters. The van der Waals surface area contributed by atoms with Gasteiger partial charge in [-0.2, -0.15) is 10.4 Å². The maximum Gasteiger partial charge on any atom is 0.0992 e. The Morgan fingerprint density at radius 3 is 2.60 bits per heavy atom. The van der Waals surface area contributed by atoms with Crippen molar-refractivity contribution in [2.45, 2.75) is 0 Å². The number of benzene rings is 2. The maximum absolute atomic E-state index is 9.02. The molecule has 0 saturated heterocycles. The normalized spacial score (nSPS) is 10.2. The van der Waals surface area contributed by atoms with Gasteiger partial charge in [-0.15, -0.1) is 0 Å². The van der Waals surface area contributed by atoms with Crippen LogP contribution < -0.4 is 0 Å². The molecule has 0 bridgehead atoms. The summed E-state index contributed by atoms with van der Waals surface area (Å²) in [7, 11) is 0. The van der Waals surface area contributed by atoms with Crippen molar-refractivity contribution < 1.29 is 0 Å². The van der Waals surface area contributed by atoms with Gasteiger partial charge in [-0.1, -0.05) is 46.3 Å². The summed E-state index contributed by atoms with van der Waals surface area (Å²) in [5.41, 5.74) is 3.63. The summed E-state index contributed by atoms with van der Waals surface area (Å²) in [6.45, 7) is 0. The topological polar surface area (TPSA) is 41.6 Å². The fraction of sp³-hybridized carbons (Fsp3) is 0. The van der Waals surface area contributed by atoms with Crippen molar-refractivity contribution in [2.75, 3.05) is 0 Å². The molecule has 0 aliphatic rings. The van der Waals surface area contributed by atoms with Crippen LogP contribution in [0.5, 0.6) is 0 Å². The van der Waals surface area contributed by atoms with Gasteiger partial charge in [-0.3, -0.25) is 0 Å². The minimum absolute atomic E-state index is 0.603. The third-order valence-electron chi connectivity index (χ3n) is 2.97. The Balaban J connectivity index is 2.03. The van der Waals surface area contributed by atoms with Crippen LogP contribution in [0.1, 0.15) is 5.56 Å². The Hall–Kier alpha value is -2.38. The van der Waals surface area contributed by atoms with Crippen LogP contribution in [0.25, 0.3) is 16.8 Å². The Morgan fingerprint density at radius 1 is 1.05 bits per heavy atom. The van der Waals surface area contributed by atoms with E-state index in [9.17, 15) is 0 Å². The molecule has 0 N–H and O–H groups in total. The van der Waals surface area contributed by atoms with E-state index < -0.39 is 0 Å². The fourth-order valence-electron chi connectivity index (χ4n) is 2.01. The first-order valence-corrected chi connectivity index (χ1v) is 6.87. The molecule has 0 unspecified atom stereocenters. The molecule has 2 aromatic carbocycles. The lowest BCUT2D eigenvalue weighted by Gasteiger charge is -2.02. The molecule has 0 saturated carbocycles. The van der Waals surface area contributed by atoms with Crippen molar-refractivity contribution >= 4 is 15.9 Å². The summed E-state index contributed by atoms with van der Waals surface area (Å²) < 4.78 is 2.64. The first kappa shape index (κ1) is 12.6. The van der Waals surface area contributed by atoms with Crippen molar-refractivity contribution in [3.05, 3.63) is 71.0 Å². The molecular weight excluding hydrogens is 314 g/mol. The average Bonchev–Trinajstić information content (AvgIpc) is 2.97. The Morgan fingerprint density at radius 2 is 1.85 bits per heavy atom. The summed E-state index contributed by atoms with van der Waals surface area (Å²) in [6.07, 6.45) is 3.78. The molecule has 1 aromatic heterocycles. The second kappa shape index (κ2) is 5.32. The number of hydrogen-bond donors (Lipinski definition) is 0.